The van der Waals surface area contributed by atoms with Gasteiger partial charge in [0.15, 0.2) is 0 Å². The van der Waals surface area contributed by atoms with Crippen LogP contribution in [-0.2, 0) is 0 Å². The highest BCUT2D eigenvalue weighted by molar-refractivity contribution is 5.44. The summed E-state index contributed by atoms with van der Waals surface area (Å²) in [5, 5.41) is 7.35. The summed E-state index contributed by atoms with van der Waals surface area (Å²) >= 11 is 0. The molecular weight excluding hydrogens is 360 g/mol. The fraction of sp³-hybridized carbons (Fsp3) is 0.826. The highest BCUT2D eigenvalue weighted by Crippen LogP contribution is 2.23. The quantitative estimate of drug-likeness (QED) is 0.714. The molecular formula is C23H42N6. The Morgan fingerprint density at radius 2 is 1.24 bits per heavy atom. The first-order valence-electron chi connectivity index (χ1n) is 11.7. The molecule has 6 nitrogen and oxygen atoms in total. The minimum Gasteiger partial charge on any atom is -0.367 e. The molecule has 0 spiro atoms. The summed E-state index contributed by atoms with van der Waals surface area (Å²) in [5.74, 6) is 2.17. The molecule has 0 aromatic carbocycles. The van der Waals surface area contributed by atoms with Crippen LogP contribution in [0.5, 0.6) is 0 Å². The van der Waals surface area contributed by atoms with Crippen molar-refractivity contribution in [3.8, 4) is 0 Å². The van der Waals surface area contributed by atoms with Crippen LogP contribution >= 0.6 is 0 Å². The molecule has 2 saturated heterocycles. The van der Waals surface area contributed by atoms with Crippen LogP contribution in [0.3, 0.4) is 0 Å². The minimum atomic E-state index is 0.393. The molecule has 0 aliphatic carbocycles. The Balaban J connectivity index is 1.62. The van der Waals surface area contributed by atoms with Crippen molar-refractivity contribution in [1.29, 1.82) is 0 Å². The van der Waals surface area contributed by atoms with Crippen LogP contribution in [0.1, 0.15) is 78.8 Å². The molecule has 2 aliphatic rings. The molecule has 3 heterocycles. The summed E-state index contributed by atoms with van der Waals surface area (Å²) in [6, 6.07) is 4.39. The lowest BCUT2D eigenvalue weighted by Crippen LogP contribution is -2.43. The molecule has 2 fully saturated rings. The third-order valence-corrected chi connectivity index (χ3v) is 6.54. The average Bonchev–Trinajstić information content (AvgIpc) is 2.68. The first-order chi connectivity index (χ1) is 13.8. The van der Waals surface area contributed by atoms with Gasteiger partial charge in [-0.3, -0.25) is 0 Å². The zero-order valence-corrected chi connectivity index (χ0v) is 19.4. The SMILES string of the molecule is CC(C)c1cc(NC2CCN(C(C)C)CC2)nc(NC2CCN(C(C)C)CC2)n1. The monoisotopic (exact) mass is 402 g/mol. The molecule has 1 aromatic heterocycles. The van der Waals surface area contributed by atoms with E-state index in [4.69, 9.17) is 9.97 Å². The van der Waals surface area contributed by atoms with Crippen molar-refractivity contribution in [2.24, 2.45) is 0 Å². The van der Waals surface area contributed by atoms with Crippen LogP contribution in [0.15, 0.2) is 6.07 Å². The van der Waals surface area contributed by atoms with E-state index >= 15 is 0 Å². The Morgan fingerprint density at radius 1 is 0.759 bits per heavy atom. The third kappa shape index (κ3) is 6.29. The lowest BCUT2D eigenvalue weighted by Gasteiger charge is -2.35. The molecule has 164 valence electrons. The minimum absolute atomic E-state index is 0.393. The highest BCUT2D eigenvalue weighted by Gasteiger charge is 2.23. The molecule has 2 N–H and O–H groups in total. The van der Waals surface area contributed by atoms with E-state index in [2.05, 4.69) is 68.0 Å². The van der Waals surface area contributed by atoms with Gasteiger partial charge in [-0.1, -0.05) is 13.8 Å². The molecule has 0 unspecified atom stereocenters. The molecule has 0 bridgehead atoms. The van der Waals surface area contributed by atoms with E-state index in [0.717, 1.165) is 56.5 Å². The second kappa shape index (κ2) is 10.1. The maximum atomic E-state index is 4.85. The summed E-state index contributed by atoms with van der Waals surface area (Å²) < 4.78 is 0. The van der Waals surface area contributed by atoms with Gasteiger partial charge in [0.05, 0.1) is 5.69 Å². The number of rotatable bonds is 7. The average molecular weight is 403 g/mol. The van der Waals surface area contributed by atoms with E-state index < -0.39 is 0 Å². The van der Waals surface area contributed by atoms with Crippen LogP contribution in [-0.4, -0.2) is 70.1 Å². The van der Waals surface area contributed by atoms with Gasteiger partial charge in [-0.2, -0.15) is 4.98 Å². The molecule has 2 aliphatic heterocycles. The van der Waals surface area contributed by atoms with E-state index in [1.54, 1.807) is 0 Å². The van der Waals surface area contributed by atoms with E-state index in [0.29, 0.717) is 30.1 Å². The Morgan fingerprint density at radius 3 is 1.69 bits per heavy atom. The van der Waals surface area contributed by atoms with Gasteiger partial charge in [0.1, 0.15) is 5.82 Å². The van der Waals surface area contributed by atoms with Crippen molar-refractivity contribution < 1.29 is 0 Å². The lowest BCUT2D eigenvalue weighted by atomic mass is 10.0. The maximum Gasteiger partial charge on any atom is 0.225 e. The molecule has 0 amide bonds. The summed E-state index contributed by atoms with van der Waals surface area (Å²) in [6.07, 6.45) is 4.67. The van der Waals surface area contributed by atoms with Crippen molar-refractivity contribution in [1.82, 2.24) is 19.8 Å². The Kier molecular flexibility index (Phi) is 7.74. The number of aromatic nitrogens is 2. The molecule has 29 heavy (non-hydrogen) atoms. The van der Waals surface area contributed by atoms with Crippen LogP contribution in [0.25, 0.3) is 0 Å². The molecule has 0 saturated carbocycles. The smallest absolute Gasteiger partial charge is 0.225 e. The normalized spacial score (nSPS) is 20.7. The maximum absolute atomic E-state index is 4.85. The van der Waals surface area contributed by atoms with Crippen LogP contribution in [0.2, 0.25) is 0 Å². The topological polar surface area (TPSA) is 56.3 Å². The zero-order chi connectivity index (χ0) is 21.0. The number of likely N-dealkylation sites (tertiary alicyclic amines) is 2. The van der Waals surface area contributed by atoms with Gasteiger partial charge in [-0.15, -0.1) is 0 Å². The van der Waals surface area contributed by atoms with Crippen molar-refractivity contribution in [2.75, 3.05) is 36.8 Å². The number of hydrogen-bond acceptors (Lipinski definition) is 6. The third-order valence-electron chi connectivity index (χ3n) is 6.54. The van der Waals surface area contributed by atoms with E-state index in [-0.39, 0.29) is 0 Å². The predicted molar refractivity (Wildman–Crippen MR) is 123 cm³/mol. The molecule has 0 atom stereocenters. The Hall–Kier alpha value is -1.40. The number of nitrogens with zero attached hydrogens (tertiary/aromatic N) is 4. The van der Waals surface area contributed by atoms with E-state index in [1.165, 1.54) is 12.8 Å². The highest BCUT2D eigenvalue weighted by atomic mass is 15.2. The van der Waals surface area contributed by atoms with Gasteiger partial charge >= 0.3 is 0 Å². The molecule has 0 radical (unpaired) electrons. The van der Waals surface area contributed by atoms with Crippen LogP contribution < -0.4 is 10.6 Å². The van der Waals surface area contributed by atoms with Gasteiger partial charge in [0.2, 0.25) is 5.95 Å². The second-order valence-electron chi connectivity index (χ2n) is 9.75. The van der Waals surface area contributed by atoms with Crippen molar-refractivity contribution in [3.63, 3.8) is 0 Å². The van der Waals surface area contributed by atoms with Crippen LogP contribution in [0, 0.1) is 0 Å². The molecule has 1 aromatic rings. The number of anilines is 2. The van der Waals surface area contributed by atoms with Crippen molar-refractivity contribution in [3.05, 3.63) is 11.8 Å². The summed E-state index contributed by atoms with van der Waals surface area (Å²) in [5.41, 5.74) is 1.12. The van der Waals surface area contributed by atoms with Crippen molar-refractivity contribution in [2.45, 2.75) is 97.3 Å². The Bertz CT molecular complexity index is 580. The molecule has 6 heteroatoms. The van der Waals surface area contributed by atoms with Gasteiger partial charge < -0.3 is 20.4 Å². The van der Waals surface area contributed by atoms with E-state index in [9.17, 15) is 0 Å². The summed E-state index contributed by atoms with van der Waals surface area (Å²) in [6.45, 7) is 18.2. The first kappa shape index (κ1) is 22.3. The number of piperidine rings is 2. The molecule has 3 rings (SSSR count). The standard InChI is InChI=1S/C23H42N6/c1-16(2)21-15-22(24-19-7-11-28(12-8-19)17(3)4)27-23(26-21)25-20-9-13-29(14-10-20)18(5)6/h15-20H,7-14H2,1-6H3,(H2,24,25,26,27). The lowest BCUT2D eigenvalue weighted by molar-refractivity contribution is 0.177. The van der Waals surface area contributed by atoms with Gasteiger partial charge in [-0.25, -0.2) is 4.98 Å². The largest absolute Gasteiger partial charge is 0.367 e. The summed E-state index contributed by atoms with van der Waals surface area (Å²) in [4.78, 5) is 14.8. The number of nitrogens with one attached hydrogen (secondary N) is 2. The van der Waals surface area contributed by atoms with E-state index in [1.807, 2.05) is 0 Å². The van der Waals surface area contributed by atoms with Crippen molar-refractivity contribution >= 4 is 11.8 Å². The fourth-order valence-electron chi connectivity index (χ4n) is 4.41. The second-order valence-corrected chi connectivity index (χ2v) is 9.75. The fourth-order valence-corrected chi connectivity index (χ4v) is 4.41. The van der Waals surface area contributed by atoms with Crippen LogP contribution in [0.4, 0.5) is 11.8 Å². The van der Waals surface area contributed by atoms with Gasteiger partial charge in [0.25, 0.3) is 0 Å². The Labute approximate surface area is 177 Å². The van der Waals surface area contributed by atoms with Gasteiger partial charge in [-0.05, 0) is 59.3 Å². The predicted octanol–water partition coefficient (Wildman–Crippen LogP) is 4.17. The first-order valence-corrected chi connectivity index (χ1v) is 11.7. The number of hydrogen-bond donors (Lipinski definition) is 2. The zero-order valence-electron chi connectivity index (χ0n) is 19.4. The summed E-state index contributed by atoms with van der Waals surface area (Å²) in [7, 11) is 0. The van der Waals surface area contributed by atoms with Gasteiger partial charge in [0, 0.05) is 56.4 Å².